The molecule has 1 atom stereocenters. The lowest BCUT2D eigenvalue weighted by atomic mass is 10.1. The second-order valence-corrected chi connectivity index (χ2v) is 3.03. The number of hydrogen-bond donors (Lipinski definition) is 2. The first-order valence-electron chi connectivity index (χ1n) is 3.75. The van der Waals surface area contributed by atoms with Crippen LogP contribution in [0.5, 0.6) is 0 Å². The van der Waals surface area contributed by atoms with E-state index >= 15 is 0 Å². The van der Waals surface area contributed by atoms with E-state index in [-0.39, 0.29) is 5.91 Å². The molecule has 3 heteroatoms. The van der Waals surface area contributed by atoms with Gasteiger partial charge in [-0.05, 0) is 18.8 Å². The molecule has 1 amide bonds. The fourth-order valence-electron chi connectivity index (χ4n) is 0.964. The molecule has 0 aromatic heterocycles. The van der Waals surface area contributed by atoms with Crippen molar-refractivity contribution in [3.63, 3.8) is 0 Å². The lowest BCUT2D eigenvalue weighted by Gasteiger charge is -2.04. The van der Waals surface area contributed by atoms with Gasteiger partial charge in [0.05, 0.1) is 6.04 Å². The molecule has 0 radical (unpaired) electrons. The third-order valence-electron chi connectivity index (χ3n) is 1.95. The first-order valence-corrected chi connectivity index (χ1v) is 3.75. The molecule has 0 aromatic carbocycles. The van der Waals surface area contributed by atoms with E-state index in [9.17, 15) is 4.79 Å². The van der Waals surface area contributed by atoms with Gasteiger partial charge in [-0.25, -0.2) is 0 Å². The van der Waals surface area contributed by atoms with Crippen molar-refractivity contribution in [3.05, 3.63) is 0 Å². The molecule has 1 saturated carbocycles. The number of rotatable bonds is 4. The third kappa shape index (κ3) is 2.35. The minimum Gasteiger partial charge on any atom is -0.368 e. The van der Waals surface area contributed by atoms with Crippen molar-refractivity contribution in [3.8, 4) is 0 Å². The Morgan fingerprint density at radius 3 is 2.60 bits per heavy atom. The molecule has 0 aliphatic heterocycles. The smallest absolute Gasteiger partial charge is 0.234 e. The second kappa shape index (κ2) is 3.01. The molecule has 0 spiro atoms. The average molecular weight is 142 g/mol. The maximum atomic E-state index is 10.4. The molecule has 1 fully saturated rings. The Balaban J connectivity index is 2.05. The molecule has 1 unspecified atom stereocenters. The summed E-state index contributed by atoms with van der Waals surface area (Å²) in [5.41, 5.74) is 10.4. The highest BCUT2D eigenvalue weighted by Crippen LogP contribution is 2.33. The van der Waals surface area contributed by atoms with E-state index in [1.807, 2.05) is 0 Å². The largest absolute Gasteiger partial charge is 0.368 e. The summed E-state index contributed by atoms with van der Waals surface area (Å²) in [6.07, 6.45) is 4.46. The summed E-state index contributed by atoms with van der Waals surface area (Å²) >= 11 is 0. The van der Waals surface area contributed by atoms with Gasteiger partial charge in [0.1, 0.15) is 0 Å². The number of primary amides is 1. The number of carbonyl (C=O) groups excluding carboxylic acids is 1. The number of carbonyl (C=O) groups is 1. The van der Waals surface area contributed by atoms with Gasteiger partial charge in [-0.15, -0.1) is 0 Å². The topological polar surface area (TPSA) is 69.1 Å². The monoisotopic (exact) mass is 142 g/mol. The Morgan fingerprint density at radius 1 is 1.60 bits per heavy atom. The van der Waals surface area contributed by atoms with Gasteiger partial charge >= 0.3 is 0 Å². The van der Waals surface area contributed by atoms with Crippen LogP contribution >= 0.6 is 0 Å². The predicted molar refractivity (Wildman–Crippen MR) is 39.1 cm³/mol. The van der Waals surface area contributed by atoms with Crippen molar-refractivity contribution in [1.29, 1.82) is 0 Å². The van der Waals surface area contributed by atoms with Crippen LogP contribution in [0.25, 0.3) is 0 Å². The normalized spacial score (nSPS) is 20.5. The molecular formula is C7H14N2O. The third-order valence-corrected chi connectivity index (χ3v) is 1.95. The lowest BCUT2D eigenvalue weighted by molar-refractivity contribution is -0.119. The van der Waals surface area contributed by atoms with Crippen LogP contribution < -0.4 is 11.5 Å². The van der Waals surface area contributed by atoms with Crippen molar-refractivity contribution in [1.82, 2.24) is 0 Å². The first kappa shape index (κ1) is 7.54. The Bertz CT molecular complexity index is 132. The highest BCUT2D eigenvalue weighted by Gasteiger charge is 2.22. The van der Waals surface area contributed by atoms with E-state index in [0.29, 0.717) is 0 Å². The minimum atomic E-state index is -0.416. The summed E-state index contributed by atoms with van der Waals surface area (Å²) in [6.45, 7) is 0. The summed E-state index contributed by atoms with van der Waals surface area (Å²) in [7, 11) is 0. The molecule has 0 saturated heterocycles. The zero-order chi connectivity index (χ0) is 7.56. The van der Waals surface area contributed by atoms with Crippen LogP contribution in [0, 0.1) is 5.92 Å². The van der Waals surface area contributed by atoms with Crippen LogP contribution in [-0.4, -0.2) is 11.9 Å². The molecule has 0 heterocycles. The van der Waals surface area contributed by atoms with Crippen molar-refractivity contribution >= 4 is 5.91 Å². The highest BCUT2D eigenvalue weighted by atomic mass is 16.1. The fourth-order valence-corrected chi connectivity index (χ4v) is 0.964. The average Bonchev–Trinajstić information content (AvgIpc) is 2.64. The van der Waals surface area contributed by atoms with Gasteiger partial charge < -0.3 is 11.5 Å². The van der Waals surface area contributed by atoms with Gasteiger partial charge in [0.25, 0.3) is 0 Å². The van der Waals surface area contributed by atoms with Crippen molar-refractivity contribution < 1.29 is 4.79 Å². The standard InChI is InChI=1S/C7H14N2O/c8-6(7(9)10)4-3-5-1-2-5/h5-6H,1-4,8H2,(H2,9,10). The van der Waals surface area contributed by atoms with Crippen LogP contribution in [0.15, 0.2) is 0 Å². The first-order chi connectivity index (χ1) is 4.70. The van der Waals surface area contributed by atoms with E-state index in [1.54, 1.807) is 0 Å². The Hall–Kier alpha value is -0.570. The summed E-state index contributed by atoms with van der Waals surface area (Å²) in [5.74, 6) is 0.464. The lowest BCUT2D eigenvalue weighted by Crippen LogP contribution is -2.36. The molecule has 0 aromatic rings. The summed E-state index contributed by atoms with van der Waals surface area (Å²) in [6, 6.07) is -0.416. The number of hydrogen-bond acceptors (Lipinski definition) is 2. The summed E-state index contributed by atoms with van der Waals surface area (Å²) in [4.78, 5) is 10.4. The van der Waals surface area contributed by atoms with Crippen LogP contribution in [0.1, 0.15) is 25.7 Å². The molecule has 1 aliphatic rings. The predicted octanol–water partition coefficient (Wildman–Crippen LogP) is -0.0108. The second-order valence-electron chi connectivity index (χ2n) is 3.03. The molecule has 1 aliphatic carbocycles. The molecule has 58 valence electrons. The van der Waals surface area contributed by atoms with Gasteiger partial charge in [-0.3, -0.25) is 4.79 Å². The van der Waals surface area contributed by atoms with Crippen LogP contribution in [0.4, 0.5) is 0 Å². The quantitative estimate of drug-likeness (QED) is 0.579. The molecule has 3 nitrogen and oxygen atoms in total. The van der Waals surface area contributed by atoms with Crippen LogP contribution in [0.3, 0.4) is 0 Å². The van der Waals surface area contributed by atoms with Gasteiger partial charge in [-0.2, -0.15) is 0 Å². The maximum Gasteiger partial charge on any atom is 0.234 e. The van der Waals surface area contributed by atoms with Gasteiger partial charge in [0.2, 0.25) is 5.91 Å². The van der Waals surface area contributed by atoms with E-state index in [1.165, 1.54) is 12.8 Å². The van der Waals surface area contributed by atoms with E-state index < -0.39 is 6.04 Å². The van der Waals surface area contributed by atoms with E-state index in [4.69, 9.17) is 11.5 Å². The Labute approximate surface area is 60.8 Å². The summed E-state index contributed by atoms with van der Waals surface area (Å²) < 4.78 is 0. The van der Waals surface area contributed by atoms with Gasteiger partial charge in [0, 0.05) is 0 Å². The van der Waals surface area contributed by atoms with Gasteiger partial charge in [-0.1, -0.05) is 12.8 Å². The molecule has 4 N–H and O–H groups in total. The van der Waals surface area contributed by atoms with E-state index in [2.05, 4.69) is 0 Å². The van der Waals surface area contributed by atoms with E-state index in [0.717, 1.165) is 18.8 Å². The molecule has 0 bridgehead atoms. The minimum absolute atomic E-state index is 0.374. The van der Waals surface area contributed by atoms with Crippen molar-refractivity contribution in [2.45, 2.75) is 31.7 Å². The molecule has 10 heavy (non-hydrogen) atoms. The Kier molecular flexibility index (Phi) is 2.27. The number of nitrogens with two attached hydrogens (primary N) is 2. The number of amides is 1. The van der Waals surface area contributed by atoms with Gasteiger partial charge in [0.15, 0.2) is 0 Å². The highest BCUT2D eigenvalue weighted by molar-refractivity contribution is 5.79. The van der Waals surface area contributed by atoms with Crippen molar-refractivity contribution in [2.75, 3.05) is 0 Å². The maximum absolute atomic E-state index is 10.4. The Morgan fingerprint density at radius 2 is 2.20 bits per heavy atom. The summed E-state index contributed by atoms with van der Waals surface area (Å²) in [5, 5.41) is 0. The fraction of sp³-hybridized carbons (Fsp3) is 0.857. The molecular weight excluding hydrogens is 128 g/mol. The van der Waals surface area contributed by atoms with Crippen LogP contribution in [0.2, 0.25) is 0 Å². The zero-order valence-electron chi connectivity index (χ0n) is 6.05. The van der Waals surface area contributed by atoms with Crippen molar-refractivity contribution in [2.24, 2.45) is 17.4 Å². The zero-order valence-corrected chi connectivity index (χ0v) is 6.05. The van der Waals surface area contributed by atoms with Crippen LogP contribution in [-0.2, 0) is 4.79 Å². The SMILES string of the molecule is NC(=O)C(N)CCC1CC1. The molecule has 1 rings (SSSR count).